The second kappa shape index (κ2) is 8.21. The minimum absolute atomic E-state index is 0.0606. The molecule has 0 aliphatic heterocycles. The quantitative estimate of drug-likeness (QED) is 0.717. The molecule has 2 aromatic carbocycles. The van der Waals surface area contributed by atoms with Gasteiger partial charge in [0.05, 0.1) is 0 Å². The molecule has 0 saturated carbocycles. The average Bonchev–Trinajstić information content (AvgIpc) is 3.11. The smallest absolute Gasteiger partial charge is 0.252 e. The van der Waals surface area contributed by atoms with Gasteiger partial charge in [-0.25, -0.2) is 0 Å². The van der Waals surface area contributed by atoms with Crippen LogP contribution in [0, 0.1) is 6.92 Å². The number of rotatable bonds is 7. The predicted octanol–water partition coefficient (Wildman–Crippen LogP) is 2.88. The van der Waals surface area contributed by atoms with Crippen molar-refractivity contribution in [1.29, 1.82) is 0 Å². The van der Waals surface area contributed by atoms with Gasteiger partial charge in [0, 0.05) is 12.1 Å². The molecule has 0 bridgehead atoms. The number of hydrogen-bond acceptors (Lipinski definition) is 5. The van der Waals surface area contributed by atoms with E-state index in [1.165, 1.54) is 0 Å². The van der Waals surface area contributed by atoms with Gasteiger partial charge in [0.2, 0.25) is 11.7 Å². The zero-order valence-corrected chi connectivity index (χ0v) is 13.9. The molecule has 0 fully saturated rings. The number of carbonyl (C=O) groups excluding carboxylic acids is 1. The van der Waals surface area contributed by atoms with Gasteiger partial charge < -0.3 is 14.6 Å². The first kappa shape index (κ1) is 16.9. The number of benzene rings is 2. The molecule has 1 heterocycles. The molecule has 0 aliphatic carbocycles. The summed E-state index contributed by atoms with van der Waals surface area (Å²) in [6.07, 6.45) is 0. The molecule has 3 rings (SSSR count). The lowest BCUT2D eigenvalue weighted by Crippen LogP contribution is -2.27. The Morgan fingerprint density at radius 3 is 2.68 bits per heavy atom. The Bertz CT molecular complexity index is 831. The second-order valence-corrected chi connectivity index (χ2v) is 5.57. The highest BCUT2D eigenvalue weighted by Gasteiger charge is 2.09. The maximum Gasteiger partial charge on any atom is 0.252 e. The van der Waals surface area contributed by atoms with Crippen LogP contribution < -0.4 is 5.32 Å². The Morgan fingerprint density at radius 1 is 1.12 bits per heavy atom. The van der Waals surface area contributed by atoms with Gasteiger partial charge in [-0.1, -0.05) is 59.8 Å². The Morgan fingerprint density at radius 2 is 1.88 bits per heavy atom. The molecular formula is C19H19N3O3. The van der Waals surface area contributed by atoms with Gasteiger partial charge in [0.15, 0.2) is 0 Å². The summed E-state index contributed by atoms with van der Waals surface area (Å²) in [4.78, 5) is 16.1. The van der Waals surface area contributed by atoms with Crippen LogP contribution >= 0.6 is 0 Å². The lowest BCUT2D eigenvalue weighted by Gasteiger charge is -2.07. The van der Waals surface area contributed by atoms with Gasteiger partial charge in [0.1, 0.15) is 13.2 Å². The molecule has 6 heteroatoms. The van der Waals surface area contributed by atoms with Crippen LogP contribution in [-0.2, 0) is 22.7 Å². The maximum atomic E-state index is 11.8. The van der Waals surface area contributed by atoms with Gasteiger partial charge >= 0.3 is 0 Å². The van der Waals surface area contributed by atoms with Gasteiger partial charge in [-0.2, -0.15) is 4.98 Å². The van der Waals surface area contributed by atoms with Crippen molar-refractivity contribution in [3.8, 4) is 11.4 Å². The highest BCUT2D eigenvalue weighted by Crippen LogP contribution is 2.14. The first-order chi connectivity index (χ1) is 12.2. The number of amides is 1. The maximum absolute atomic E-state index is 11.8. The molecule has 128 valence electrons. The molecule has 0 atom stereocenters. The molecule has 0 aliphatic rings. The van der Waals surface area contributed by atoms with Crippen molar-refractivity contribution in [2.24, 2.45) is 0 Å². The standard InChI is InChI=1S/C19H19N3O3/c1-14-7-5-6-10-16(14)11-20-17(23)12-24-13-18-21-19(22-25-18)15-8-3-2-4-9-15/h2-10H,11-13H2,1H3,(H,20,23). The SMILES string of the molecule is Cc1ccccc1CNC(=O)COCc1nc(-c2ccccc2)no1. The second-order valence-electron chi connectivity index (χ2n) is 5.57. The molecule has 6 nitrogen and oxygen atoms in total. The summed E-state index contributed by atoms with van der Waals surface area (Å²) in [5, 5.41) is 6.73. The number of carbonyl (C=O) groups is 1. The fourth-order valence-electron chi connectivity index (χ4n) is 2.30. The molecule has 0 radical (unpaired) electrons. The highest BCUT2D eigenvalue weighted by atomic mass is 16.5. The summed E-state index contributed by atoms with van der Waals surface area (Å²) < 4.78 is 10.5. The van der Waals surface area contributed by atoms with Gasteiger partial charge in [-0.15, -0.1) is 0 Å². The van der Waals surface area contributed by atoms with Crippen molar-refractivity contribution in [3.63, 3.8) is 0 Å². The van der Waals surface area contributed by atoms with E-state index < -0.39 is 0 Å². The van der Waals surface area contributed by atoms with Crippen LogP contribution in [-0.4, -0.2) is 22.7 Å². The van der Waals surface area contributed by atoms with E-state index in [1.807, 2.05) is 61.5 Å². The molecule has 3 aromatic rings. The van der Waals surface area contributed by atoms with Crippen molar-refractivity contribution >= 4 is 5.91 Å². The van der Waals surface area contributed by atoms with Crippen molar-refractivity contribution in [1.82, 2.24) is 15.5 Å². The van der Waals surface area contributed by atoms with Crippen LogP contribution in [0.2, 0.25) is 0 Å². The molecule has 0 spiro atoms. The zero-order chi connectivity index (χ0) is 17.5. The summed E-state index contributed by atoms with van der Waals surface area (Å²) in [5.74, 6) is 0.653. The molecule has 1 amide bonds. The van der Waals surface area contributed by atoms with Crippen LogP contribution in [0.25, 0.3) is 11.4 Å². The number of nitrogens with one attached hydrogen (secondary N) is 1. The van der Waals surface area contributed by atoms with Crippen LogP contribution in [0.1, 0.15) is 17.0 Å². The van der Waals surface area contributed by atoms with Gasteiger partial charge in [-0.3, -0.25) is 4.79 Å². The highest BCUT2D eigenvalue weighted by molar-refractivity contribution is 5.77. The number of hydrogen-bond donors (Lipinski definition) is 1. The number of aryl methyl sites for hydroxylation is 1. The molecule has 0 saturated heterocycles. The van der Waals surface area contributed by atoms with Crippen molar-refractivity contribution in [2.45, 2.75) is 20.1 Å². The average molecular weight is 337 g/mol. The first-order valence-electron chi connectivity index (χ1n) is 7.99. The van der Waals surface area contributed by atoms with Crippen molar-refractivity contribution in [3.05, 3.63) is 71.6 Å². The Hall–Kier alpha value is -2.99. The molecule has 1 aromatic heterocycles. The fourth-order valence-corrected chi connectivity index (χ4v) is 2.30. The van der Waals surface area contributed by atoms with E-state index in [-0.39, 0.29) is 19.1 Å². The van der Waals surface area contributed by atoms with E-state index in [0.29, 0.717) is 18.3 Å². The third-order valence-electron chi connectivity index (χ3n) is 3.70. The minimum atomic E-state index is -0.189. The van der Waals surface area contributed by atoms with E-state index >= 15 is 0 Å². The largest absolute Gasteiger partial charge is 0.362 e. The number of ether oxygens (including phenoxy) is 1. The topological polar surface area (TPSA) is 77.2 Å². The number of nitrogens with zero attached hydrogens (tertiary/aromatic N) is 2. The summed E-state index contributed by atoms with van der Waals surface area (Å²) >= 11 is 0. The summed E-state index contributed by atoms with van der Waals surface area (Å²) in [6.45, 7) is 2.53. The van der Waals surface area contributed by atoms with E-state index in [0.717, 1.165) is 16.7 Å². The van der Waals surface area contributed by atoms with Crippen LogP contribution in [0.15, 0.2) is 59.1 Å². The van der Waals surface area contributed by atoms with Gasteiger partial charge in [0.25, 0.3) is 5.89 Å². The van der Waals surface area contributed by atoms with E-state index in [4.69, 9.17) is 9.26 Å². The van der Waals surface area contributed by atoms with E-state index in [1.54, 1.807) is 0 Å². The lowest BCUT2D eigenvalue weighted by molar-refractivity contribution is -0.126. The molecule has 1 N–H and O–H groups in total. The molecule has 0 unspecified atom stereocenters. The van der Waals surface area contributed by atoms with Crippen LogP contribution in [0.4, 0.5) is 0 Å². The Labute approximate surface area is 145 Å². The Kier molecular flexibility index (Phi) is 5.53. The monoisotopic (exact) mass is 337 g/mol. The summed E-state index contributed by atoms with van der Waals surface area (Å²) in [7, 11) is 0. The normalized spacial score (nSPS) is 10.6. The zero-order valence-electron chi connectivity index (χ0n) is 13.9. The molecular weight excluding hydrogens is 318 g/mol. The van der Waals surface area contributed by atoms with Crippen molar-refractivity contribution < 1.29 is 14.1 Å². The lowest BCUT2D eigenvalue weighted by atomic mass is 10.1. The Balaban J connectivity index is 1.43. The molecule has 25 heavy (non-hydrogen) atoms. The first-order valence-corrected chi connectivity index (χ1v) is 7.99. The summed E-state index contributed by atoms with van der Waals surface area (Å²) in [5.41, 5.74) is 3.09. The van der Waals surface area contributed by atoms with E-state index in [9.17, 15) is 4.79 Å². The third kappa shape index (κ3) is 4.74. The predicted molar refractivity (Wildman–Crippen MR) is 92.4 cm³/mol. The van der Waals surface area contributed by atoms with E-state index in [2.05, 4.69) is 15.5 Å². The van der Waals surface area contributed by atoms with Crippen molar-refractivity contribution in [2.75, 3.05) is 6.61 Å². The van der Waals surface area contributed by atoms with Crippen LogP contribution in [0.3, 0.4) is 0 Å². The van der Waals surface area contributed by atoms with Gasteiger partial charge in [-0.05, 0) is 18.1 Å². The number of aromatic nitrogens is 2. The van der Waals surface area contributed by atoms with Crippen LogP contribution in [0.5, 0.6) is 0 Å². The third-order valence-corrected chi connectivity index (χ3v) is 3.70. The summed E-state index contributed by atoms with van der Waals surface area (Å²) in [6, 6.07) is 17.4. The minimum Gasteiger partial charge on any atom is -0.362 e. The fraction of sp³-hybridized carbons (Fsp3) is 0.211.